The lowest BCUT2D eigenvalue weighted by Crippen LogP contribution is -2.29. The molecule has 3 aromatic carbocycles. The zero-order valence-corrected chi connectivity index (χ0v) is 19.3. The number of amides is 1. The van der Waals surface area contributed by atoms with Crippen molar-refractivity contribution in [2.45, 2.75) is 11.4 Å². The van der Waals surface area contributed by atoms with Crippen LogP contribution in [0.5, 0.6) is 5.75 Å². The highest BCUT2D eigenvalue weighted by atomic mass is 32.2. The maximum Gasteiger partial charge on any atom is 0.251 e. The molecule has 33 heavy (non-hydrogen) atoms. The van der Waals surface area contributed by atoms with Crippen molar-refractivity contribution in [3.63, 3.8) is 0 Å². The number of carbonyl (C=O) groups is 1. The molecule has 2 heterocycles. The van der Waals surface area contributed by atoms with Crippen molar-refractivity contribution in [3.8, 4) is 5.75 Å². The first-order valence-corrected chi connectivity index (χ1v) is 12.2. The third kappa shape index (κ3) is 4.21. The first-order valence-electron chi connectivity index (χ1n) is 10.7. The quantitative estimate of drug-likeness (QED) is 0.491. The van der Waals surface area contributed by atoms with E-state index in [1.165, 1.54) is 0 Å². The Bertz CT molecular complexity index is 1360. The van der Waals surface area contributed by atoms with Gasteiger partial charge in [0.1, 0.15) is 12.4 Å². The van der Waals surface area contributed by atoms with Gasteiger partial charge >= 0.3 is 0 Å². The fourth-order valence-corrected chi connectivity index (χ4v) is 4.52. The SMILES string of the molecule is Cn1cnc2cc(N3CCOc4cc(C(=O)NCc5ccc(S(C)=O)cc5)ccc43)ccc21. The van der Waals surface area contributed by atoms with Crippen LogP contribution in [0.2, 0.25) is 0 Å². The van der Waals surface area contributed by atoms with Crippen LogP contribution in [0, 0.1) is 0 Å². The number of hydrogen-bond acceptors (Lipinski definition) is 5. The summed E-state index contributed by atoms with van der Waals surface area (Å²) in [5, 5.41) is 2.94. The lowest BCUT2D eigenvalue weighted by Gasteiger charge is -2.31. The summed E-state index contributed by atoms with van der Waals surface area (Å²) in [6.07, 6.45) is 3.46. The van der Waals surface area contributed by atoms with Gasteiger partial charge in [-0.1, -0.05) is 12.1 Å². The molecule has 1 N–H and O–H groups in total. The number of aromatic nitrogens is 2. The lowest BCUT2D eigenvalue weighted by molar-refractivity contribution is 0.0950. The number of benzene rings is 3. The molecule has 1 aliphatic heterocycles. The van der Waals surface area contributed by atoms with Gasteiger partial charge in [0.2, 0.25) is 0 Å². The minimum Gasteiger partial charge on any atom is -0.490 e. The van der Waals surface area contributed by atoms with E-state index in [1.54, 1.807) is 12.3 Å². The van der Waals surface area contributed by atoms with Crippen molar-refractivity contribution in [3.05, 3.63) is 78.1 Å². The Kier molecular flexibility index (Phi) is 5.60. The summed E-state index contributed by atoms with van der Waals surface area (Å²) >= 11 is 0. The molecule has 0 aliphatic carbocycles. The van der Waals surface area contributed by atoms with Crippen molar-refractivity contribution in [1.82, 2.24) is 14.9 Å². The van der Waals surface area contributed by atoms with Gasteiger partial charge in [-0.2, -0.15) is 0 Å². The molecule has 0 spiro atoms. The summed E-state index contributed by atoms with van der Waals surface area (Å²) in [7, 11) is 0.966. The molecule has 1 unspecified atom stereocenters. The molecule has 0 bridgehead atoms. The third-order valence-corrected chi connectivity index (χ3v) is 6.75. The molecule has 0 fully saturated rings. The highest BCUT2D eigenvalue weighted by molar-refractivity contribution is 7.84. The fraction of sp³-hybridized carbons (Fsp3) is 0.200. The number of hydrogen-bond donors (Lipinski definition) is 1. The summed E-state index contributed by atoms with van der Waals surface area (Å²) < 4.78 is 19.4. The molecular formula is C25H24N4O3S. The molecule has 1 aliphatic rings. The second kappa shape index (κ2) is 8.71. The molecule has 0 saturated heterocycles. The fourth-order valence-electron chi connectivity index (χ4n) is 4.01. The number of carbonyl (C=O) groups excluding carboxylic acids is 1. The maximum atomic E-state index is 12.7. The second-order valence-electron chi connectivity index (χ2n) is 7.99. The van der Waals surface area contributed by atoms with E-state index < -0.39 is 10.8 Å². The van der Waals surface area contributed by atoms with Crippen molar-refractivity contribution in [1.29, 1.82) is 0 Å². The van der Waals surface area contributed by atoms with Crippen LogP contribution < -0.4 is 15.0 Å². The summed E-state index contributed by atoms with van der Waals surface area (Å²) in [4.78, 5) is 20.2. The van der Waals surface area contributed by atoms with Gasteiger partial charge in [-0.3, -0.25) is 9.00 Å². The largest absolute Gasteiger partial charge is 0.490 e. The van der Waals surface area contributed by atoms with Gasteiger partial charge in [0.25, 0.3) is 5.91 Å². The predicted molar refractivity (Wildman–Crippen MR) is 130 cm³/mol. The van der Waals surface area contributed by atoms with E-state index in [9.17, 15) is 9.00 Å². The Morgan fingerprint density at radius 1 is 1.12 bits per heavy atom. The lowest BCUT2D eigenvalue weighted by atomic mass is 10.1. The van der Waals surface area contributed by atoms with E-state index in [0.29, 0.717) is 24.5 Å². The minimum absolute atomic E-state index is 0.170. The Morgan fingerprint density at radius 3 is 2.73 bits per heavy atom. The van der Waals surface area contributed by atoms with Gasteiger partial charge in [-0.25, -0.2) is 4.98 Å². The topological polar surface area (TPSA) is 76.5 Å². The highest BCUT2D eigenvalue weighted by Crippen LogP contribution is 2.38. The monoisotopic (exact) mass is 460 g/mol. The van der Waals surface area contributed by atoms with Crippen LogP contribution >= 0.6 is 0 Å². The molecule has 1 aromatic heterocycles. The van der Waals surface area contributed by atoms with E-state index in [2.05, 4.69) is 33.4 Å². The van der Waals surface area contributed by atoms with Gasteiger partial charge in [0.05, 0.1) is 29.6 Å². The van der Waals surface area contributed by atoms with Gasteiger partial charge < -0.3 is 19.5 Å². The summed E-state index contributed by atoms with van der Waals surface area (Å²) in [5.74, 6) is 0.515. The molecule has 168 valence electrons. The number of fused-ring (bicyclic) bond motifs is 2. The van der Waals surface area contributed by atoms with Crippen LogP contribution in [0.4, 0.5) is 11.4 Å². The molecule has 1 amide bonds. The van der Waals surface area contributed by atoms with Gasteiger partial charge in [0.15, 0.2) is 0 Å². The van der Waals surface area contributed by atoms with Crippen LogP contribution in [0.25, 0.3) is 11.0 Å². The Labute approximate surface area is 194 Å². The highest BCUT2D eigenvalue weighted by Gasteiger charge is 2.22. The molecule has 7 nitrogen and oxygen atoms in total. The number of nitrogens with zero attached hydrogens (tertiary/aromatic N) is 3. The van der Waals surface area contributed by atoms with E-state index in [1.807, 2.05) is 54.3 Å². The summed E-state index contributed by atoms with van der Waals surface area (Å²) in [6, 6.07) is 19.2. The molecule has 0 saturated carbocycles. The normalized spacial score (nSPS) is 13.9. The van der Waals surface area contributed by atoms with Crippen LogP contribution in [-0.2, 0) is 24.4 Å². The minimum atomic E-state index is -1.01. The predicted octanol–water partition coefficient (Wildman–Crippen LogP) is 3.77. The maximum absolute atomic E-state index is 12.7. The average molecular weight is 461 g/mol. The van der Waals surface area contributed by atoms with E-state index in [0.717, 1.165) is 39.4 Å². The van der Waals surface area contributed by atoms with Crippen molar-refractivity contribution in [2.24, 2.45) is 7.05 Å². The van der Waals surface area contributed by atoms with Gasteiger partial charge in [0, 0.05) is 46.8 Å². The third-order valence-electron chi connectivity index (χ3n) is 5.81. The van der Waals surface area contributed by atoms with Gasteiger partial charge in [-0.05, 0) is 54.1 Å². The van der Waals surface area contributed by atoms with Crippen molar-refractivity contribution < 1.29 is 13.7 Å². The van der Waals surface area contributed by atoms with E-state index in [-0.39, 0.29) is 5.91 Å². The molecule has 0 radical (unpaired) electrons. The molecule has 1 atom stereocenters. The number of anilines is 2. The van der Waals surface area contributed by atoms with Crippen LogP contribution in [0.3, 0.4) is 0 Å². The molecule has 5 rings (SSSR count). The van der Waals surface area contributed by atoms with Crippen LogP contribution in [0.15, 0.2) is 71.9 Å². The van der Waals surface area contributed by atoms with Crippen LogP contribution in [0.1, 0.15) is 15.9 Å². The standard InChI is InChI=1S/C25H24N4O3S/c1-28-16-27-21-14-19(6-10-22(21)28)29-11-12-32-24-13-18(5-9-23(24)29)25(30)26-15-17-3-7-20(8-4-17)33(2)31/h3-10,13-14,16H,11-12,15H2,1-2H3,(H,26,30). The van der Waals surface area contributed by atoms with Crippen molar-refractivity contribution >= 4 is 39.1 Å². The second-order valence-corrected chi connectivity index (χ2v) is 9.37. The van der Waals surface area contributed by atoms with E-state index >= 15 is 0 Å². The first-order chi connectivity index (χ1) is 16.0. The zero-order chi connectivity index (χ0) is 22.9. The number of nitrogens with one attached hydrogen (secondary N) is 1. The molecular weight excluding hydrogens is 436 g/mol. The molecule has 4 aromatic rings. The number of imidazole rings is 1. The van der Waals surface area contributed by atoms with E-state index in [4.69, 9.17) is 4.74 Å². The van der Waals surface area contributed by atoms with Crippen molar-refractivity contribution in [2.75, 3.05) is 24.3 Å². The van der Waals surface area contributed by atoms with Crippen LogP contribution in [-0.4, -0.2) is 39.1 Å². The average Bonchev–Trinajstić information content (AvgIpc) is 3.22. The Morgan fingerprint density at radius 2 is 1.94 bits per heavy atom. The van der Waals surface area contributed by atoms with Gasteiger partial charge in [-0.15, -0.1) is 0 Å². The number of rotatable bonds is 5. The summed E-state index contributed by atoms with van der Waals surface area (Å²) in [6.45, 7) is 1.64. The number of aryl methyl sites for hydroxylation is 1. The zero-order valence-electron chi connectivity index (χ0n) is 18.4. The molecule has 8 heteroatoms. The number of ether oxygens (including phenoxy) is 1. The Balaban J connectivity index is 1.33. The first kappa shape index (κ1) is 21.2. The smallest absolute Gasteiger partial charge is 0.251 e. The Hall–Kier alpha value is -3.65. The summed E-state index contributed by atoms with van der Waals surface area (Å²) in [5.41, 5.74) is 5.48.